The van der Waals surface area contributed by atoms with Crippen LogP contribution in [0.15, 0.2) is 23.2 Å². The van der Waals surface area contributed by atoms with E-state index in [4.69, 9.17) is 5.11 Å². The number of aryl methyl sites for hydroxylation is 1. The monoisotopic (exact) mass is 284 g/mol. The van der Waals surface area contributed by atoms with Crippen LogP contribution in [0.1, 0.15) is 18.5 Å². The van der Waals surface area contributed by atoms with Crippen LogP contribution < -0.4 is 0 Å². The van der Waals surface area contributed by atoms with Crippen molar-refractivity contribution in [2.75, 3.05) is 13.1 Å². The summed E-state index contributed by atoms with van der Waals surface area (Å²) in [6.45, 7) is 2.17. The Bertz CT molecular complexity index is 568. The summed E-state index contributed by atoms with van der Waals surface area (Å²) in [6, 6.07) is 3.13. The Morgan fingerprint density at radius 1 is 1.47 bits per heavy atom. The van der Waals surface area contributed by atoms with Gasteiger partial charge < -0.3 is 5.11 Å². The molecular weight excluding hydrogens is 268 g/mol. The van der Waals surface area contributed by atoms with E-state index >= 15 is 0 Å². The summed E-state index contributed by atoms with van der Waals surface area (Å²) < 4.78 is 26.0. The van der Waals surface area contributed by atoms with Gasteiger partial charge >= 0.3 is 5.97 Å². The number of sulfonamides is 1. The Morgan fingerprint density at radius 3 is 2.79 bits per heavy atom. The molecule has 1 aliphatic rings. The molecular formula is C12H16N2O4S. The Labute approximate surface area is 112 Å². The molecule has 0 aromatic carbocycles. The molecule has 104 valence electrons. The van der Waals surface area contributed by atoms with Crippen molar-refractivity contribution in [2.24, 2.45) is 5.92 Å². The predicted molar refractivity (Wildman–Crippen MR) is 68.1 cm³/mol. The van der Waals surface area contributed by atoms with Gasteiger partial charge in [-0.25, -0.2) is 8.42 Å². The zero-order valence-electron chi connectivity index (χ0n) is 10.6. The first-order chi connectivity index (χ1) is 8.91. The fraction of sp³-hybridized carbons (Fsp3) is 0.500. The standard InChI is InChI=1S/C12H16N2O4S/c1-9-4-5-11(7-13-9)19(17,18)14-6-2-3-10(8-14)12(15)16/h4-5,7,10H,2-3,6,8H2,1H3,(H,15,16). The molecule has 1 unspecified atom stereocenters. The van der Waals surface area contributed by atoms with Crippen molar-refractivity contribution in [3.63, 3.8) is 0 Å². The lowest BCUT2D eigenvalue weighted by atomic mass is 10.0. The first kappa shape index (κ1) is 14.0. The van der Waals surface area contributed by atoms with E-state index in [1.165, 1.54) is 16.6 Å². The quantitative estimate of drug-likeness (QED) is 0.890. The van der Waals surface area contributed by atoms with E-state index in [2.05, 4.69) is 4.98 Å². The normalized spacial score (nSPS) is 21.2. The molecule has 1 aliphatic heterocycles. The van der Waals surface area contributed by atoms with Crippen molar-refractivity contribution in [2.45, 2.75) is 24.7 Å². The van der Waals surface area contributed by atoms with Crippen molar-refractivity contribution >= 4 is 16.0 Å². The van der Waals surface area contributed by atoms with E-state index < -0.39 is 21.9 Å². The smallest absolute Gasteiger partial charge is 0.307 e. The maximum absolute atomic E-state index is 12.4. The van der Waals surface area contributed by atoms with Gasteiger partial charge in [0.1, 0.15) is 4.90 Å². The molecule has 1 aromatic rings. The number of hydrogen-bond acceptors (Lipinski definition) is 4. The van der Waals surface area contributed by atoms with Gasteiger partial charge in [0.2, 0.25) is 10.0 Å². The maximum atomic E-state index is 12.4. The van der Waals surface area contributed by atoms with Gasteiger partial charge in [-0.2, -0.15) is 4.31 Å². The number of carbonyl (C=O) groups is 1. The highest BCUT2D eigenvalue weighted by molar-refractivity contribution is 7.89. The number of carboxylic acids is 1. The number of carboxylic acid groups (broad SMARTS) is 1. The van der Waals surface area contributed by atoms with Gasteiger partial charge in [0.15, 0.2) is 0 Å². The van der Waals surface area contributed by atoms with Gasteiger partial charge in [-0.05, 0) is 31.9 Å². The van der Waals surface area contributed by atoms with Crippen LogP contribution in [0.3, 0.4) is 0 Å². The molecule has 1 saturated heterocycles. The van der Waals surface area contributed by atoms with Crippen LogP contribution in [0.25, 0.3) is 0 Å². The summed E-state index contributed by atoms with van der Waals surface area (Å²) in [4.78, 5) is 15.1. The lowest BCUT2D eigenvalue weighted by molar-refractivity contribution is -0.142. The second-order valence-electron chi connectivity index (χ2n) is 4.68. The van der Waals surface area contributed by atoms with E-state index in [1.54, 1.807) is 13.0 Å². The van der Waals surface area contributed by atoms with Crippen molar-refractivity contribution in [3.8, 4) is 0 Å². The zero-order chi connectivity index (χ0) is 14.0. The number of aromatic nitrogens is 1. The molecule has 0 bridgehead atoms. The lowest BCUT2D eigenvalue weighted by Gasteiger charge is -2.29. The summed E-state index contributed by atoms with van der Waals surface area (Å²) >= 11 is 0. The van der Waals surface area contributed by atoms with Crippen LogP contribution in [0.2, 0.25) is 0 Å². The Balaban J connectivity index is 2.24. The van der Waals surface area contributed by atoms with Crippen LogP contribution in [-0.2, 0) is 14.8 Å². The van der Waals surface area contributed by atoms with Crippen molar-refractivity contribution < 1.29 is 18.3 Å². The van der Waals surface area contributed by atoms with Crippen LogP contribution >= 0.6 is 0 Å². The fourth-order valence-electron chi connectivity index (χ4n) is 2.12. The fourth-order valence-corrected chi connectivity index (χ4v) is 3.59. The SMILES string of the molecule is Cc1ccc(S(=O)(=O)N2CCCC(C(=O)O)C2)cn1. The summed E-state index contributed by atoms with van der Waals surface area (Å²) in [5, 5.41) is 8.99. The Kier molecular flexibility index (Phi) is 3.86. The third-order valence-electron chi connectivity index (χ3n) is 3.26. The zero-order valence-corrected chi connectivity index (χ0v) is 11.4. The number of pyridine rings is 1. The molecule has 0 saturated carbocycles. The molecule has 1 fully saturated rings. The predicted octanol–water partition coefficient (Wildman–Crippen LogP) is 0.875. The van der Waals surface area contributed by atoms with E-state index in [9.17, 15) is 13.2 Å². The molecule has 2 rings (SSSR count). The largest absolute Gasteiger partial charge is 0.481 e. The number of aliphatic carboxylic acids is 1. The van der Waals surface area contributed by atoms with Gasteiger partial charge in [0, 0.05) is 25.0 Å². The molecule has 0 radical (unpaired) electrons. The minimum atomic E-state index is -3.64. The molecule has 19 heavy (non-hydrogen) atoms. The van der Waals surface area contributed by atoms with E-state index in [-0.39, 0.29) is 11.4 Å². The second-order valence-corrected chi connectivity index (χ2v) is 6.61. The molecule has 7 heteroatoms. The average molecular weight is 284 g/mol. The van der Waals surface area contributed by atoms with Crippen molar-refractivity contribution in [1.82, 2.24) is 9.29 Å². The van der Waals surface area contributed by atoms with Gasteiger partial charge in [0.05, 0.1) is 5.92 Å². The van der Waals surface area contributed by atoms with Gasteiger partial charge in [-0.1, -0.05) is 0 Å². The van der Waals surface area contributed by atoms with Gasteiger partial charge in [-0.3, -0.25) is 9.78 Å². The maximum Gasteiger partial charge on any atom is 0.307 e. The average Bonchev–Trinajstić information content (AvgIpc) is 2.39. The second kappa shape index (κ2) is 5.26. The van der Waals surface area contributed by atoms with Crippen molar-refractivity contribution in [3.05, 3.63) is 24.0 Å². The summed E-state index contributed by atoms with van der Waals surface area (Å²) in [7, 11) is -3.64. The highest BCUT2D eigenvalue weighted by atomic mass is 32.2. The number of hydrogen-bond donors (Lipinski definition) is 1. The third kappa shape index (κ3) is 2.93. The lowest BCUT2D eigenvalue weighted by Crippen LogP contribution is -2.42. The summed E-state index contributed by atoms with van der Waals surface area (Å²) in [5.74, 6) is -1.57. The first-order valence-electron chi connectivity index (χ1n) is 6.07. The first-order valence-corrected chi connectivity index (χ1v) is 7.51. The Morgan fingerprint density at radius 2 is 2.21 bits per heavy atom. The highest BCUT2D eigenvalue weighted by Gasteiger charge is 2.33. The molecule has 0 amide bonds. The molecule has 0 spiro atoms. The summed E-state index contributed by atoms with van der Waals surface area (Å²) in [6.07, 6.45) is 2.40. The van der Waals surface area contributed by atoms with Crippen LogP contribution in [0.4, 0.5) is 0 Å². The number of piperidine rings is 1. The minimum absolute atomic E-state index is 0.0333. The number of rotatable bonds is 3. The molecule has 1 N–H and O–H groups in total. The highest BCUT2D eigenvalue weighted by Crippen LogP contribution is 2.23. The van der Waals surface area contributed by atoms with Gasteiger partial charge in [0.25, 0.3) is 0 Å². The van der Waals surface area contributed by atoms with E-state index in [0.29, 0.717) is 19.4 Å². The minimum Gasteiger partial charge on any atom is -0.481 e. The van der Waals surface area contributed by atoms with E-state index in [0.717, 1.165) is 5.69 Å². The molecule has 1 atom stereocenters. The molecule has 0 aliphatic carbocycles. The topological polar surface area (TPSA) is 87.6 Å². The molecule has 1 aromatic heterocycles. The Hall–Kier alpha value is -1.47. The molecule has 6 nitrogen and oxygen atoms in total. The van der Waals surface area contributed by atoms with Gasteiger partial charge in [-0.15, -0.1) is 0 Å². The van der Waals surface area contributed by atoms with Crippen LogP contribution in [0.5, 0.6) is 0 Å². The summed E-state index contributed by atoms with van der Waals surface area (Å²) in [5.41, 5.74) is 0.737. The molecule has 2 heterocycles. The van der Waals surface area contributed by atoms with Crippen LogP contribution in [0, 0.1) is 12.8 Å². The van der Waals surface area contributed by atoms with Crippen LogP contribution in [-0.4, -0.2) is 41.9 Å². The number of nitrogens with zero attached hydrogens (tertiary/aromatic N) is 2. The third-order valence-corrected chi connectivity index (χ3v) is 5.10. The van der Waals surface area contributed by atoms with Crippen molar-refractivity contribution in [1.29, 1.82) is 0 Å². The van der Waals surface area contributed by atoms with E-state index in [1.807, 2.05) is 0 Å².